The Kier molecular flexibility index (Phi) is 4.38. The molecule has 2 aromatic rings. The minimum atomic E-state index is -1.62. The Morgan fingerprint density at radius 3 is 2.71 bits per heavy atom. The van der Waals surface area contributed by atoms with Crippen molar-refractivity contribution in [3.05, 3.63) is 41.8 Å². The summed E-state index contributed by atoms with van der Waals surface area (Å²) in [5.74, 6) is 0.579. The molecule has 7 nitrogen and oxygen atoms in total. The molecule has 0 radical (unpaired) electrons. The minimum absolute atomic E-state index is 0.0735. The van der Waals surface area contributed by atoms with Crippen LogP contribution in [0.2, 0.25) is 0 Å². The number of hydrogen-bond donors (Lipinski definition) is 3. The van der Waals surface area contributed by atoms with Crippen molar-refractivity contribution in [2.75, 3.05) is 22.6 Å². The predicted molar refractivity (Wildman–Crippen MR) is 104 cm³/mol. The van der Waals surface area contributed by atoms with Gasteiger partial charge in [-0.25, -0.2) is 9.37 Å². The van der Waals surface area contributed by atoms with Crippen LogP contribution in [0.3, 0.4) is 0 Å². The standard InChI is InChI=1S/C20H23FN4O3/c1-11-18-16(25(3)20(2,27)19(26)24-18)10-17(22-11)23-13-8-15(9-13)28-14-6-4-12(21)5-7-14/h4-7,10,13,15,27H,8-9H2,1-3H3,(H,22,23)(H,24,26)/t13?,15?,20-/m0/s1. The van der Waals surface area contributed by atoms with Crippen LogP contribution < -0.4 is 20.3 Å². The number of halogens is 1. The van der Waals surface area contributed by atoms with Crippen LogP contribution in [0.1, 0.15) is 25.5 Å². The van der Waals surface area contributed by atoms with Crippen molar-refractivity contribution in [2.24, 2.45) is 0 Å². The number of aliphatic hydroxyl groups is 1. The Labute approximate surface area is 162 Å². The molecule has 8 heteroatoms. The molecule has 2 aliphatic rings. The van der Waals surface area contributed by atoms with Gasteiger partial charge in [0.05, 0.1) is 17.1 Å². The lowest BCUT2D eigenvalue weighted by atomic mass is 9.89. The zero-order chi connectivity index (χ0) is 20.1. The molecule has 1 aromatic carbocycles. The first-order chi connectivity index (χ1) is 13.2. The monoisotopic (exact) mass is 386 g/mol. The number of pyridine rings is 1. The molecule has 2 heterocycles. The van der Waals surface area contributed by atoms with Crippen LogP contribution in [0.15, 0.2) is 30.3 Å². The molecule has 1 atom stereocenters. The number of carbonyl (C=O) groups excluding carboxylic acids is 1. The van der Waals surface area contributed by atoms with Gasteiger partial charge in [-0.15, -0.1) is 0 Å². The van der Waals surface area contributed by atoms with E-state index in [4.69, 9.17) is 4.74 Å². The Hall–Kier alpha value is -2.87. The zero-order valence-electron chi connectivity index (χ0n) is 16.0. The summed E-state index contributed by atoms with van der Waals surface area (Å²) >= 11 is 0. The second-order valence-electron chi connectivity index (χ2n) is 7.53. The van der Waals surface area contributed by atoms with Crippen LogP contribution in [0, 0.1) is 12.7 Å². The summed E-state index contributed by atoms with van der Waals surface area (Å²) in [4.78, 5) is 18.2. The van der Waals surface area contributed by atoms with Crippen molar-refractivity contribution >= 4 is 23.1 Å². The number of likely N-dealkylation sites (N-methyl/N-ethyl adjacent to an activating group) is 1. The lowest BCUT2D eigenvalue weighted by molar-refractivity contribution is -0.132. The van der Waals surface area contributed by atoms with E-state index in [0.717, 1.165) is 12.8 Å². The number of nitrogens with one attached hydrogen (secondary N) is 2. The van der Waals surface area contributed by atoms with E-state index >= 15 is 0 Å². The number of ether oxygens (including phenoxy) is 1. The quantitative estimate of drug-likeness (QED) is 0.749. The van der Waals surface area contributed by atoms with Gasteiger partial charge in [0.2, 0.25) is 5.72 Å². The number of aryl methyl sites for hydroxylation is 1. The number of nitrogens with zero attached hydrogens (tertiary/aromatic N) is 2. The van der Waals surface area contributed by atoms with E-state index in [0.29, 0.717) is 28.6 Å². The van der Waals surface area contributed by atoms with Crippen molar-refractivity contribution in [1.82, 2.24) is 4.98 Å². The highest BCUT2D eigenvalue weighted by molar-refractivity contribution is 6.05. The second kappa shape index (κ2) is 6.63. The number of fused-ring (bicyclic) bond motifs is 1. The normalized spacial score (nSPS) is 26.2. The van der Waals surface area contributed by atoms with E-state index in [1.807, 2.05) is 13.0 Å². The van der Waals surface area contributed by atoms with Gasteiger partial charge < -0.3 is 25.4 Å². The highest BCUT2D eigenvalue weighted by Crippen LogP contribution is 2.38. The molecule has 1 fully saturated rings. The molecule has 1 aliphatic heterocycles. The minimum Gasteiger partial charge on any atom is -0.490 e. The Morgan fingerprint density at radius 2 is 2.04 bits per heavy atom. The molecule has 1 aromatic heterocycles. The SMILES string of the molecule is Cc1nc(NC2CC(Oc3ccc(F)cc3)C2)cc2c1NC(=O)[C@](C)(O)N2C. The van der Waals surface area contributed by atoms with Gasteiger partial charge in [-0.2, -0.15) is 0 Å². The topological polar surface area (TPSA) is 86.7 Å². The molecule has 148 valence electrons. The molecular weight excluding hydrogens is 363 g/mol. The number of anilines is 3. The van der Waals surface area contributed by atoms with Gasteiger partial charge in [0.1, 0.15) is 23.5 Å². The van der Waals surface area contributed by atoms with E-state index in [1.54, 1.807) is 24.1 Å². The fourth-order valence-electron chi connectivity index (χ4n) is 3.46. The van der Waals surface area contributed by atoms with Gasteiger partial charge in [-0.05, 0) is 38.1 Å². The number of amides is 1. The second-order valence-corrected chi connectivity index (χ2v) is 7.53. The number of aromatic nitrogens is 1. The van der Waals surface area contributed by atoms with Crippen LogP contribution in [0.4, 0.5) is 21.6 Å². The number of benzene rings is 1. The van der Waals surface area contributed by atoms with Crippen LogP contribution in [-0.4, -0.2) is 40.9 Å². The van der Waals surface area contributed by atoms with Crippen LogP contribution in [-0.2, 0) is 4.79 Å². The van der Waals surface area contributed by atoms with Crippen molar-refractivity contribution in [2.45, 2.75) is 44.6 Å². The average Bonchev–Trinajstić information content (AvgIpc) is 2.61. The first kappa shape index (κ1) is 18.5. The lowest BCUT2D eigenvalue weighted by Gasteiger charge is -2.40. The zero-order valence-corrected chi connectivity index (χ0v) is 16.0. The molecule has 0 saturated heterocycles. The molecule has 4 rings (SSSR count). The Balaban J connectivity index is 1.42. The molecule has 3 N–H and O–H groups in total. The Bertz CT molecular complexity index is 910. The number of rotatable bonds is 4. The molecule has 1 aliphatic carbocycles. The van der Waals surface area contributed by atoms with Crippen molar-refractivity contribution in [1.29, 1.82) is 0 Å². The van der Waals surface area contributed by atoms with E-state index in [9.17, 15) is 14.3 Å². The number of carbonyl (C=O) groups is 1. The van der Waals surface area contributed by atoms with Crippen molar-refractivity contribution < 1.29 is 19.0 Å². The molecule has 1 amide bonds. The van der Waals surface area contributed by atoms with Gasteiger partial charge in [0.15, 0.2) is 0 Å². The highest BCUT2D eigenvalue weighted by atomic mass is 19.1. The summed E-state index contributed by atoms with van der Waals surface area (Å²) < 4.78 is 18.8. The fourth-order valence-corrected chi connectivity index (χ4v) is 3.46. The third-order valence-corrected chi connectivity index (χ3v) is 5.43. The summed E-state index contributed by atoms with van der Waals surface area (Å²) in [6.45, 7) is 3.27. The van der Waals surface area contributed by atoms with E-state index in [1.165, 1.54) is 19.1 Å². The van der Waals surface area contributed by atoms with Crippen molar-refractivity contribution in [3.8, 4) is 5.75 Å². The van der Waals surface area contributed by atoms with Gasteiger partial charge in [-0.1, -0.05) is 0 Å². The number of hydrogen-bond acceptors (Lipinski definition) is 6. The summed E-state index contributed by atoms with van der Waals surface area (Å²) in [5, 5.41) is 16.5. The molecule has 0 spiro atoms. The summed E-state index contributed by atoms with van der Waals surface area (Å²) in [5.41, 5.74) is 0.366. The maximum absolute atomic E-state index is 13.0. The smallest absolute Gasteiger partial charge is 0.277 e. The average molecular weight is 386 g/mol. The molecular formula is C20H23FN4O3. The molecule has 0 unspecified atom stereocenters. The highest BCUT2D eigenvalue weighted by Gasteiger charge is 2.41. The van der Waals surface area contributed by atoms with Gasteiger partial charge in [0, 0.05) is 32.0 Å². The van der Waals surface area contributed by atoms with Crippen molar-refractivity contribution in [3.63, 3.8) is 0 Å². The van der Waals surface area contributed by atoms with Gasteiger partial charge in [0.25, 0.3) is 5.91 Å². The molecule has 28 heavy (non-hydrogen) atoms. The first-order valence-electron chi connectivity index (χ1n) is 9.22. The van der Waals surface area contributed by atoms with E-state index in [-0.39, 0.29) is 18.0 Å². The summed E-state index contributed by atoms with van der Waals surface area (Å²) in [6, 6.07) is 8.05. The lowest BCUT2D eigenvalue weighted by Crippen LogP contribution is -2.56. The van der Waals surface area contributed by atoms with Crippen LogP contribution in [0.5, 0.6) is 5.75 Å². The van der Waals surface area contributed by atoms with E-state index < -0.39 is 11.6 Å². The largest absolute Gasteiger partial charge is 0.490 e. The maximum atomic E-state index is 13.0. The molecule has 1 saturated carbocycles. The van der Waals surface area contributed by atoms with Gasteiger partial charge in [-0.3, -0.25) is 4.79 Å². The summed E-state index contributed by atoms with van der Waals surface area (Å²) in [6.07, 6.45) is 1.68. The van der Waals surface area contributed by atoms with Crippen LogP contribution >= 0.6 is 0 Å². The third kappa shape index (κ3) is 3.24. The summed E-state index contributed by atoms with van der Waals surface area (Å²) in [7, 11) is 1.68. The molecule has 0 bridgehead atoms. The fraction of sp³-hybridized carbons (Fsp3) is 0.400. The Morgan fingerprint density at radius 1 is 1.36 bits per heavy atom. The van der Waals surface area contributed by atoms with Crippen LogP contribution in [0.25, 0.3) is 0 Å². The predicted octanol–water partition coefficient (Wildman–Crippen LogP) is 2.65. The third-order valence-electron chi connectivity index (χ3n) is 5.43. The maximum Gasteiger partial charge on any atom is 0.277 e. The van der Waals surface area contributed by atoms with E-state index in [2.05, 4.69) is 15.6 Å². The van der Waals surface area contributed by atoms with Gasteiger partial charge >= 0.3 is 0 Å². The first-order valence-corrected chi connectivity index (χ1v) is 9.22.